The van der Waals surface area contributed by atoms with Gasteiger partial charge < -0.3 is 11.1 Å². The number of amides is 3. The normalized spacial score (nSPS) is 14.1. The number of nitrogens with one attached hydrogen (secondary N) is 1. The molecule has 0 unspecified atom stereocenters. The van der Waals surface area contributed by atoms with Gasteiger partial charge in [0.1, 0.15) is 5.82 Å². The van der Waals surface area contributed by atoms with Gasteiger partial charge in [0.15, 0.2) is 0 Å². The van der Waals surface area contributed by atoms with E-state index in [1.165, 1.54) is 6.20 Å². The van der Waals surface area contributed by atoms with Gasteiger partial charge in [0.2, 0.25) is 17.7 Å². The molecule has 3 N–H and O–H groups in total. The third-order valence-corrected chi connectivity index (χ3v) is 2.79. The maximum atomic E-state index is 11.6. The molecule has 8 heteroatoms. The lowest BCUT2D eigenvalue weighted by molar-refractivity contribution is -0.138. The molecule has 1 aromatic rings. The number of nitrogen functional groups attached to an aromatic ring is 1. The molecule has 1 aliphatic heterocycles. The Bertz CT molecular complexity index is 502. The fourth-order valence-corrected chi connectivity index (χ4v) is 1.79. The third-order valence-electron chi connectivity index (χ3n) is 2.79. The molecule has 7 nitrogen and oxygen atoms in total. The molecule has 2 heterocycles. The molecule has 0 aromatic carbocycles. The third kappa shape index (κ3) is 3.92. The predicted molar refractivity (Wildman–Crippen MR) is 75.1 cm³/mol. The van der Waals surface area contributed by atoms with E-state index in [0.29, 0.717) is 11.5 Å². The van der Waals surface area contributed by atoms with Gasteiger partial charge in [-0.3, -0.25) is 19.3 Å². The van der Waals surface area contributed by atoms with Gasteiger partial charge in [0.05, 0.1) is 11.9 Å². The summed E-state index contributed by atoms with van der Waals surface area (Å²) in [6.07, 6.45) is 1.99. The van der Waals surface area contributed by atoms with Crippen LogP contribution in [-0.4, -0.2) is 34.2 Å². The van der Waals surface area contributed by atoms with Crippen molar-refractivity contribution in [1.29, 1.82) is 0 Å². The summed E-state index contributed by atoms with van der Waals surface area (Å²) in [5.74, 6) is -0.343. The summed E-state index contributed by atoms with van der Waals surface area (Å²) in [6, 6.07) is 3.20. The van der Waals surface area contributed by atoms with Crippen molar-refractivity contribution in [1.82, 2.24) is 9.88 Å². The number of pyridine rings is 1. The highest BCUT2D eigenvalue weighted by molar-refractivity contribution is 6.02. The van der Waals surface area contributed by atoms with E-state index in [0.717, 1.165) is 4.90 Å². The number of anilines is 2. The Hall–Kier alpha value is -2.15. The number of imide groups is 1. The number of nitrogens with zero attached hydrogens (tertiary/aromatic N) is 2. The summed E-state index contributed by atoms with van der Waals surface area (Å²) in [6.45, 7) is 0.117. The molecule has 1 saturated heterocycles. The van der Waals surface area contributed by atoms with E-state index in [1.807, 2.05) is 0 Å². The van der Waals surface area contributed by atoms with Crippen LogP contribution in [0.3, 0.4) is 0 Å². The summed E-state index contributed by atoms with van der Waals surface area (Å²) in [5, 5.41) is 2.62. The molecule has 0 bridgehead atoms. The average Bonchev–Trinajstić information content (AvgIpc) is 2.70. The number of nitrogens with two attached hydrogens (primary N) is 1. The van der Waals surface area contributed by atoms with Gasteiger partial charge >= 0.3 is 0 Å². The molecule has 108 valence electrons. The Balaban J connectivity index is 0.00000200. The first-order valence-electron chi connectivity index (χ1n) is 5.91. The largest absolute Gasteiger partial charge is 0.384 e. The van der Waals surface area contributed by atoms with Crippen LogP contribution in [0.25, 0.3) is 0 Å². The Labute approximate surface area is 121 Å². The van der Waals surface area contributed by atoms with Crippen molar-refractivity contribution in [3.63, 3.8) is 0 Å². The van der Waals surface area contributed by atoms with E-state index in [4.69, 9.17) is 5.73 Å². The number of carbonyl (C=O) groups excluding carboxylic acids is 3. The summed E-state index contributed by atoms with van der Waals surface area (Å²) in [5.41, 5.74) is 5.95. The predicted octanol–water partition coefficient (Wildman–Crippen LogP) is 0.563. The first-order chi connectivity index (χ1) is 9.06. The standard InChI is InChI=1S/C12H14N4O3.ClH/c13-9-2-1-8(7-14-9)15-10(17)5-6-16-11(18)3-4-12(16)19;/h1-2,7H,3-6H2,(H2,13,14)(H,15,17);1H. The van der Waals surface area contributed by atoms with Crippen molar-refractivity contribution in [2.24, 2.45) is 0 Å². The molecule has 3 amide bonds. The van der Waals surface area contributed by atoms with Crippen molar-refractivity contribution >= 4 is 41.6 Å². The lowest BCUT2D eigenvalue weighted by Crippen LogP contribution is -2.32. The minimum Gasteiger partial charge on any atom is -0.384 e. The number of aromatic nitrogens is 1. The fraction of sp³-hybridized carbons (Fsp3) is 0.333. The van der Waals surface area contributed by atoms with Crippen LogP contribution in [-0.2, 0) is 14.4 Å². The van der Waals surface area contributed by atoms with E-state index in [2.05, 4.69) is 10.3 Å². The molecule has 1 fully saturated rings. The first kappa shape index (κ1) is 15.9. The van der Waals surface area contributed by atoms with Crippen LogP contribution < -0.4 is 11.1 Å². The molecule has 0 radical (unpaired) electrons. The topological polar surface area (TPSA) is 105 Å². The Kier molecular flexibility index (Phi) is 5.45. The van der Waals surface area contributed by atoms with E-state index in [1.54, 1.807) is 12.1 Å². The van der Waals surface area contributed by atoms with Crippen LogP contribution in [0.4, 0.5) is 11.5 Å². The molecule has 1 aromatic heterocycles. The van der Waals surface area contributed by atoms with Crippen molar-refractivity contribution < 1.29 is 14.4 Å². The second kappa shape index (κ2) is 6.85. The van der Waals surface area contributed by atoms with E-state index < -0.39 is 0 Å². The lowest BCUT2D eigenvalue weighted by atomic mass is 10.3. The second-order valence-electron chi connectivity index (χ2n) is 4.21. The number of halogens is 1. The van der Waals surface area contributed by atoms with Crippen LogP contribution in [0.2, 0.25) is 0 Å². The number of carbonyl (C=O) groups is 3. The highest BCUT2D eigenvalue weighted by atomic mass is 35.5. The Morgan fingerprint density at radius 1 is 1.30 bits per heavy atom. The van der Waals surface area contributed by atoms with Crippen LogP contribution >= 0.6 is 12.4 Å². The summed E-state index contributed by atoms with van der Waals surface area (Å²) in [4.78, 5) is 39.3. The lowest BCUT2D eigenvalue weighted by Gasteiger charge is -2.13. The summed E-state index contributed by atoms with van der Waals surface area (Å²) >= 11 is 0. The number of hydrogen-bond donors (Lipinski definition) is 2. The Morgan fingerprint density at radius 3 is 2.50 bits per heavy atom. The van der Waals surface area contributed by atoms with Crippen molar-refractivity contribution in [2.45, 2.75) is 19.3 Å². The van der Waals surface area contributed by atoms with Crippen LogP contribution in [0.15, 0.2) is 18.3 Å². The van der Waals surface area contributed by atoms with Gasteiger partial charge in [0.25, 0.3) is 0 Å². The number of likely N-dealkylation sites (tertiary alicyclic amines) is 1. The molecule has 0 saturated carbocycles. The molecule has 0 atom stereocenters. The van der Waals surface area contributed by atoms with Crippen LogP contribution in [0.1, 0.15) is 19.3 Å². The second-order valence-corrected chi connectivity index (χ2v) is 4.21. The summed E-state index contributed by atoms with van der Waals surface area (Å²) in [7, 11) is 0. The van der Waals surface area contributed by atoms with E-state index in [9.17, 15) is 14.4 Å². The van der Waals surface area contributed by atoms with Gasteiger partial charge in [-0.1, -0.05) is 0 Å². The van der Waals surface area contributed by atoms with Crippen molar-refractivity contribution in [3.8, 4) is 0 Å². The summed E-state index contributed by atoms with van der Waals surface area (Å²) < 4.78 is 0. The number of rotatable bonds is 4. The Morgan fingerprint density at radius 2 is 1.95 bits per heavy atom. The van der Waals surface area contributed by atoms with Crippen molar-refractivity contribution in [3.05, 3.63) is 18.3 Å². The molecular formula is C12H15ClN4O3. The zero-order valence-corrected chi connectivity index (χ0v) is 11.5. The molecule has 0 spiro atoms. The monoisotopic (exact) mass is 298 g/mol. The van der Waals surface area contributed by atoms with Gasteiger partial charge in [0, 0.05) is 25.8 Å². The maximum absolute atomic E-state index is 11.6. The molecule has 20 heavy (non-hydrogen) atoms. The minimum atomic E-state index is -0.279. The fourth-order valence-electron chi connectivity index (χ4n) is 1.79. The van der Waals surface area contributed by atoms with E-state index >= 15 is 0 Å². The molecular weight excluding hydrogens is 284 g/mol. The number of hydrogen-bond acceptors (Lipinski definition) is 5. The van der Waals surface area contributed by atoms with Crippen LogP contribution in [0.5, 0.6) is 0 Å². The van der Waals surface area contributed by atoms with Crippen LogP contribution in [0, 0.1) is 0 Å². The van der Waals surface area contributed by atoms with E-state index in [-0.39, 0.29) is 55.9 Å². The zero-order valence-electron chi connectivity index (χ0n) is 10.7. The molecule has 2 rings (SSSR count). The van der Waals surface area contributed by atoms with Gasteiger partial charge in [-0.2, -0.15) is 0 Å². The average molecular weight is 299 g/mol. The van der Waals surface area contributed by atoms with Gasteiger partial charge in [-0.05, 0) is 12.1 Å². The van der Waals surface area contributed by atoms with Gasteiger partial charge in [-0.25, -0.2) is 4.98 Å². The van der Waals surface area contributed by atoms with Gasteiger partial charge in [-0.15, -0.1) is 12.4 Å². The molecule has 0 aliphatic carbocycles. The SMILES string of the molecule is Cl.Nc1ccc(NC(=O)CCN2C(=O)CCC2=O)cn1. The smallest absolute Gasteiger partial charge is 0.229 e. The molecule has 1 aliphatic rings. The maximum Gasteiger partial charge on any atom is 0.229 e. The minimum absolute atomic E-state index is 0. The highest BCUT2D eigenvalue weighted by Crippen LogP contribution is 2.12. The van der Waals surface area contributed by atoms with Crippen molar-refractivity contribution in [2.75, 3.05) is 17.6 Å². The first-order valence-corrected chi connectivity index (χ1v) is 5.91. The highest BCUT2D eigenvalue weighted by Gasteiger charge is 2.28. The quantitative estimate of drug-likeness (QED) is 0.790. The zero-order chi connectivity index (χ0) is 13.8.